The highest BCUT2D eigenvalue weighted by molar-refractivity contribution is 7.99. The summed E-state index contributed by atoms with van der Waals surface area (Å²) in [7, 11) is 0. The number of thioether (sulfide) groups is 1. The van der Waals surface area contributed by atoms with Crippen LogP contribution in [-0.2, 0) is 11.2 Å². The highest BCUT2D eigenvalue weighted by Gasteiger charge is 2.15. The number of aryl methyl sites for hydroxylation is 1. The molecule has 1 atom stereocenters. The Morgan fingerprint density at radius 2 is 2.00 bits per heavy atom. The van der Waals surface area contributed by atoms with E-state index >= 15 is 0 Å². The number of hydrogen-bond acceptors (Lipinski definition) is 8. The van der Waals surface area contributed by atoms with Gasteiger partial charge in [0.2, 0.25) is 0 Å². The van der Waals surface area contributed by atoms with Gasteiger partial charge in [0.05, 0.1) is 17.8 Å². The van der Waals surface area contributed by atoms with Crippen molar-refractivity contribution in [2.45, 2.75) is 29.9 Å². The fourth-order valence-electron chi connectivity index (χ4n) is 2.97. The molecule has 3 aromatic heterocycles. The minimum absolute atomic E-state index is 0.0458. The fourth-order valence-corrected chi connectivity index (χ4v) is 4.68. The zero-order chi connectivity index (χ0) is 23.0. The molecule has 4 rings (SSSR count). The molecule has 33 heavy (non-hydrogen) atoms. The van der Waals surface area contributed by atoms with Crippen molar-refractivity contribution in [1.82, 2.24) is 15.0 Å². The van der Waals surface area contributed by atoms with Crippen molar-refractivity contribution in [3.8, 4) is 11.5 Å². The molecule has 0 bridgehead atoms. The van der Waals surface area contributed by atoms with Gasteiger partial charge >= 0.3 is 5.97 Å². The first-order valence-corrected chi connectivity index (χ1v) is 12.1. The smallest absolute Gasteiger partial charge is 0.303 e. The molecule has 9 heteroatoms. The predicted molar refractivity (Wildman–Crippen MR) is 131 cm³/mol. The third kappa shape index (κ3) is 6.53. The van der Waals surface area contributed by atoms with Crippen LogP contribution in [0.25, 0.3) is 0 Å². The summed E-state index contributed by atoms with van der Waals surface area (Å²) in [4.78, 5) is 25.3. The van der Waals surface area contributed by atoms with Crippen LogP contribution in [0.5, 0.6) is 11.5 Å². The predicted octanol–water partition coefficient (Wildman–Crippen LogP) is 6.34. The highest BCUT2D eigenvalue weighted by Crippen LogP contribution is 2.39. The van der Waals surface area contributed by atoms with Gasteiger partial charge in [0.15, 0.2) is 16.7 Å². The van der Waals surface area contributed by atoms with Gasteiger partial charge in [0, 0.05) is 34.3 Å². The summed E-state index contributed by atoms with van der Waals surface area (Å²) in [6.07, 6.45) is 4.02. The molecule has 0 saturated carbocycles. The average molecular weight is 479 g/mol. The number of carboxylic acid groups (broad SMARTS) is 1. The Labute approximate surface area is 199 Å². The van der Waals surface area contributed by atoms with Gasteiger partial charge < -0.3 is 15.2 Å². The zero-order valence-corrected chi connectivity index (χ0v) is 19.5. The number of nitrogens with one attached hydrogen (secondary N) is 1. The topological polar surface area (TPSA) is 97.2 Å². The number of para-hydroxylation sites is 1. The summed E-state index contributed by atoms with van der Waals surface area (Å²) in [5, 5.41) is 14.7. The normalized spacial score (nSPS) is 11.7. The Kier molecular flexibility index (Phi) is 7.54. The van der Waals surface area contributed by atoms with Crippen LogP contribution < -0.4 is 10.1 Å². The summed E-state index contributed by atoms with van der Waals surface area (Å²) >= 11 is 3.05. The van der Waals surface area contributed by atoms with Gasteiger partial charge in [-0.15, -0.1) is 23.1 Å². The number of carboxylic acids is 1. The maximum atomic E-state index is 10.8. The Morgan fingerprint density at radius 1 is 1.18 bits per heavy atom. The highest BCUT2D eigenvalue weighted by atomic mass is 32.2. The molecule has 0 amide bonds. The number of pyridine rings is 2. The maximum Gasteiger partial charge on any atom is 0.303 e. The van der Waals surface area contributed by atoms with Crippen LogP contribution in [0.15, 0.2) is 77.3 Å². The lowest BCUT2D eigenvalue weighted by atomic mass is 10.2. The van der Waals surface area contributed by atoms with E-state index < -0.39 is 5.97 Å². The van der Waals surface area contributed by atoms with E-state index in [9.17, 15) is 4.79 Å². The Morgan fingerprint density at radius 3 is 2.76 bits per heavy atom. The van der Waals surface area contributed by atoms with Crippen molar-refractivity contribution >= 4 is 40.0 Å². The molecule has 7 nitrogen and oxygen atoms in total. The van der Waals surface area contributed by atoms with E-state index in [4.69, 9.17) is 9.84 Å². The summed E-state index contributed by atoms with van der Waals surface area (Å²) < 4.78 is 6.14. The first-order chi connectivity index (χ1) is 16.1. The van der Waals surface area contributed by atoms with Crippen LogP contribution >= 0.6 is 23.1 Å². The first-order valence-electron chi connectivity index (χ1n) is 10.3. The van der Waals surface area contributed by atoms with E-state index in [2.05, 4.69) is 27.2 Å². The fraction of sp³-hybridized carbons (Fsp3) is 0.167. The van der Waals surface area contributed by atoms with Gasteiger partial charge in [-0.05, 0) is 37.3 Å². The maximum absolute atomic E-state index is 10.8. The van der Waals surface area contributed by atoms with E-state index in [1.807, 2.05) is 60.0 Å². The number of hydrogen-bond donors (Lipinski definition) is 2. The van der Waals surface area contributed by atoms with Crippen molar-refractivity contribution in [3.63, 3.8) is 0 Å². The second-order valence-corrected chi connectivity index (χ2v) is 9.38. The number of nitrogens with zero attached hydrogens (tertiary/aromatic N) is 3. The molecule has 0 fully saturated rings. The van der Waals surface area contributed by atoms with Gasteiger partial charge in [0.25, 0.3) is 0 Å². The number of aromatic nitrogens is 3. The molecular formula is C24H22N4O3S2. The number of rotatable bonds is 10. The van der Waals surface area contributed by atoms with Crippen molar-refractivity contribution in [2.75, 3.05) is 5.32 Å². The Balaban J connectivity index is 1.55. The van der Waals surface area contributed by atoms with E-state index in [0.29, 0.717) is 28.9 Å². The number of benzene rings is 1. The molecule has 4 aromatic rings. The summed E-state index contributed by atoms with van der Waals surface area (Å²) in [6.45, 7) is 2.10. The van der Waals surface area contributed by atoms with Crippen LogP contribution in [-0.4, -0.2) is 26.0 Å². The number of carbonyl (C=O) groups is 1. The molecule has 1 aromatic carbocycles. The Bertz CT molecular complexity index is 1200. The second kappa shape index (κ2) is 10.9. The molecule has 0 aliphatic rings. The van der Waals surface area contributed by atoms with Crippen molar-refractivity contribution in [3.05, 3.63) is 83.8 Å². The third-order valence-corrected chi connectivity index (χ3v) is 6.48. The number of thiazole rings is 1. The molecule has 168 valence electrons. The van der Waals surface area contributed by atoms with E-state index in [0.717, 1.165) is 16.3 Å². The minimum Gasteiger partial charge on any atom is -0.481 e. The second-order valence-electron chi connectivity index (χ2n) is 7.11. The molecular weight excluding hydrogens is 456 g/mol. The van der Waals surface area contributed by atoms with Gasteiger partial charge in [-0.25, -0.2) is 9.97 Å². The molecule has 1 unspecified atom stereocenters. The standard InChI is InChI=1S/C24H22N4O3S2/c1-16(20-9-5-6-12-25-20)33-19-13-21(31-18-7-3-2-4-8-18)23(26-14-19)28-24-27-17(15-32-24)10-11-22(29)30/h2-9,12-16H,10-11H2,1H3,(H,29,30)(H,26,27,28). The largest absolute Gasteiger partial charge is 0.481 e. The van der Waals surface area contributed by atoms with Gasteiger partial charge in [-0.3, -0.25) is 9.78 Å². The van der Waals surface area contributed by atoms with Gasteiger partial charge in [-0.2, -0.15) is 0 Å². The third-order valence-electron chi connectivity index (χ3n) is 4.59. The molecule has 0 radical (unpaired) electrons. The lowest BCUT2D eigenvalue weighted by Crippen LogP contribution is -2.00. The van der Waals surface area contributed by atoms with E-state index in [1.54, 1.807) is 24.2 Å². The van der Waals surface area contributed by atoms with Crippen molar-refractivity contribution in [2.24, 2.45) is 0 Å². The van der Waals surface area contributed by atoms with E-state index in [1.165, 1.54) is 11.3 Å². The Hall–Kier alpha value is -3.43. The number of anilines is 2. The van der Waals surface area contributed by atoms with Crippen LogP contribution in [0.2, 0.25) is 0 Å². The summed E-state index contributed by atoms with van der Waals surface area (Å²) in [5.41, 5.74) is 1.72. The minimum atomic E-state index is -0.842. The zero-order valence-electron chi connectivity index (χ0n) is 17.8. The van der Waals surface area contributed by atoms with Crippen molar-refractivity contribution < 1.29 is 14.6 Å². The lowest BCUT2D eigenvalue weighted by molar-refractivity contribution is -0.136. The van der Waals surface area contributed by atoms with Gasteiger partial charge in [0.1, 0.15) is 5.75 Å². The molecule has 0 aliphatic carbocycles. The van der Waals surface area contributed by atoms with Crippen LogP contribution in [0.1, 0.15) is 30.0 Å². The molecule has 0 spiro atoms. The molecule has 3 heterocycles. The lowest BCUT2D eigenvalue weighted by Gasteiger charge is -2.14. The number of ether oxygens (including phenoxy) is 1. The van der Waals surface area contributed by atoms with Crippen molar-refractivity contribution in [1.29, 1.82) is 0 Å². The SMILES string of the molecule is CC(Sc1cnc(Nc2nc(CCC(=O)O)cs2)c(Oc2ccccc2)c1)c1ccccn1. The van der Waals surface area contributed by atoms with Crippen LogP contribution in [0.3, 0.4) is 0 Å². The number of aliphatic carboxylic acids is 1. The molecule has 0 aliphatic heterocycles. The van der Waals surface area contributed by atoms with Crippen LogP contribution in [0.4, 0.5) is 10.9 Å². The molecule has 0 saturated heterocycles. The monoisotopic (exact) mass is 478 g/mol. The quantitative estimate of drug-likeness (QED) is 0.255. The first kappa shape index (κ1) is 22.8. The van der Waals surface area contributed by atoms with Crippen LogP contribution in [0, 0.1) is 0 Å². The molecule has 2 N–H and O–H groups in total. The average Bonchev–Trinajstić information content (AvgIpc) is 3.28. The summed E-state index contributed by atoms with van der Waals surface area (Å²) in [6, 6.07) is 17.4. The van der Waals surface area contributed by atoms with Gasteiger partial charge in [-0.1, -0.05) is 24.3 Å². The van der Waals surface area contributed by atoms with E-state index in [-0.39, 0.29) is 11.7 Å². The summed E-state index contributed by atoms with van der Waals surface area (Å²) in [5.74, 6) is 0.962.